The molecule has 168 valence electrons. The van der Waals surface area contributed by atoms with E-state index in [0.29, 0.717) is 0 Å². The number of carbonyl (C=O) groups excluding carboxylic acids is 1. The Bertz CT molecular complexity index is 1170. The first-order valence-electron chi connectivity index (χ1n) is 11.6. The van der Waals surface area contributed by atoms with Gasteiger partial charge in [-0.2, -0.15) is 0 Å². The lowest BCUT2D eigenvalue weighted by atomic mass is 9.87. The van der Waals surface area contributed by atoms with Gasteiger partial charge in [0.05, 0.1) is 6.04 Å². The number of ether oxygens (including phenoxy) is 1. The minimum absolute atomic E-state index is 0.0455. The lowest BCUT2D eigenvalue weighted by Gasteiger charge is -2.32. The fraction of sp³-hybridized carbons (Fsp3) is 0.462. The second kappa shape index (κ2) is 7.93. The third-order valence-electron chi connectivity index (χ3n) is 6.56. The molecule has 2 aliphatic heterocycles. The number of nitrogens with zero attached hydrogens (tertiary/aromatic N) is 2. The van der Waals surface area contributed by atoms with Crippen molar-refractivity contribution in [2.75, 3.05) is 13.1 Å². The zero-order chi connectivity index (χ0) is 22.5. The molecule has 1 amide bonds. The Labute approximate surface area is 189 Å². The van der Waals surface area contributed by atoms with E-state index in [0.717, 1.165) is 55.5 Å². The largest absolute Gasteiger partial charge is 0.444 e. The summed E-state index contributed by atoms with van der Waals surface area (Å²) in [7, 11) is 0. The first kappa shape index (κ1) is 21.0. The molecule has 0 spiro atoms. The van der Waals surface area contributed by atoms with Gasteiger partial charge < -0.3 is 19.9 Å². The Balaban J connectivity index is 1.58. The van der Waals surface area contributed by atoms with Crippen LogP contribution in [0, 0.1) is 6.92 Å². The summed E-state index contributed by atoms with van der Waals surface area (Å²) >= 11 is 0. The van der Waals surface area contributed by atoms with E-state index in [2.05, 4.69) is 40.4 Å². The highest BCUT2D eigenvalue weighted by atomic mass is 16.6. The minimum Gasteiger partial charge on any atom is -0.444 e. The van der Waals surface area contributed by atoms with Crippen molar-refractivity contribution in [1.29, 1.82) is 0 Å². The summed E-state index contributed by atoms with van der Waals surface area (Å²) in [5.74, 6) is 0. The van der Waals surface area contributed by atoms with Gasteiger partial charge in [0.1, 0.15) is 11.2 Å². The summed E-state index contributed by atoms with van der Waals surface area (Å²) in [5, 5.41) is 4.68. The van der Waals surface area contributed by atoms with Crippen LogP contribution in [0.3, 0.4) is 0 Å². The van der Waals surface area contributed by atoms with Gasteiger partial charge in [-0.1, -0.05) is 6.07 Å². The summed E-state index contributed by atoms with van der Waals surface area (Å²) in [4.78, 5) is 22.8. The summed E-state index contributed by atoms with van der Waals surface area (Å²) in [5.41, 5.74) is 7.87. The van der Waals surface area contributed by atoms with Crippen LogP contribution in [-0.2, 0) is 17.7 Å². The van der Waals surface area contributed by atoms with Gasteiger partial charge in [-0.3, -0.25) is 0 Å². The van der Waals surface area contributed by atoms with Crippen LogP contribution in [0.1, 0.15) is 61.9 Å². The Morgan fingerprint density at radius 2 is 2.06 bits per heavy atom. The number of hydrogen-bond acceptors (Lipinski definition) is 4. The number of hydrogen-bond donors (Lipinski definition) is 2. The van der Waals surface area contributed by atoms with E-state index in [1.165, 1.54) is 27.8 Å². The van der Waals surface area contributed by atoms with Gasteiger partial charge in [-0.25, -0.2) is 9.78 Å². The van der Waals surface area contributed by atoms with Crippen LogP contribution >= 0.6 is 0 Å². The number of aryl methyl sites for hydroxylation is 1. The second-order valence-electron chi connectivity index (χ2n) is 10.1. The molecule has 32 heavy (non-hydrogen) atoms. The highest BCUT2D eigenvalue weighted by Crippen LogP contribution is 2.39. The van der Waals surface area contributed by atoms with Crippen molar-refractivity contribution >= 4 is 17.1 Å². The number of aromatic amines is 1. The highest BCUT2D eigenvalue weighted by Gasteiger charge is 2.35. The molecule has 5 rings (SSSR count). The van der Waals surface area contributed by atoms with Gasteiger partial charge >= 0.3 is 6.09 Å². The number of pyridine rings is 1. The predicted molar refractivity (Wildman–Crippen MR) is 127 cm³/mol. The first-order chi connectivity index (χ1) is 15.3. The molecule has 3 aromatic rings. The lowest BCUT2D eigenvalue weighted by Crippen LogP contribution is -2.37. The molecule has 0 radical (unpaired) electrons. The third kappa shape index (κ3) is 3.88. The molecule has 1 saturated heterocycles. The number of likely N-dealkylation sites (tertiary alicyclic amines) is 1. The molecule has 1 fully saturated rings. The standard InChI is InChI=1S/C26H32N4O2/c1-16-13-28-24-20(16)12-19(14-29-24)18-10-17-7-8-27-15-22(17)21(11-18)23-6-5-9-30(23)25(31)32-26(2,3)4/h10-14,23,27H,5-9,15H2,1-4H3,(H,28,29). The van der Waals surface area contributed by atoms with E-state index in [1.54, 1.807) is 0 Å². The van der Waals surface area contributed by atoms with Crippen molar-refractivity contribution in [3.05, 3.63) is 52.8 Å². The van der Waals surface area contributed by atoms with Crippen LogP contribution in [0.15, 0.2) is 30.6 Å². The molecule has 6 heteroatoms. The van der Waals surface area contributed by atoms with E-state index in [9.17, 15) is 4.79 Å². The maximum absolute atomic E-state index is 13.0. The average molecular weight is 433 g/mol. The van der Waals surface area contributed by atoms with Gasteiger partial charge in [-0.05, 0) is 93.5 Å². The van der Waals surface area contributed by atoms with Crippen molar-refractivity contribution < 1.29 is 9.53 Å². The normalized spacial score (nSPS) is 18.8. The number of rotatable bonds is 2. The number of benzene rings is 1. The molecule has 4 heterocycles. The summed E-state index contributed by atoms with van der Waals surface area (Å²) in [6.07, 6.45) is 6.69. The Kier molecular flexibility index (Phi) is 5.20. The van der Waals surface area contributed by atoms with Crippen LogP contribution in [0.25, 0.3) is 22.2 Å². The zero-order valence-corrected chi connectivity index (χ0v) is 19.4. The molecular weight excluding hydrogens is 400 g/mol. The highest BCUT2D eigenvalue weighted by molar-refractivity contribution is 5.84. The molecule has 2 aliphatic rings. The van der Waals surface area contributed by atoms with Gasteiger partial charge in [0, 0.05) is 36.4 Å². The third-order valence-corrected chi connectivity index (χ3v) is 6.56. The molecule has 0 aliphatic carbocycles. The molecule has 0 bridgehead atoms. The summed E-state index contributed by atoms with van der Waals surface area (Å²) < 4.78 is 5.74. The van der Waals surface area contributed by atoms with Gasteiger partial charge in [0.2, 0.25) is 0 Å². The van der Waals surface area contributed by atoms with Crippen molar-refractivity contribution in [3.8, 4) is 11.1 Å². The molecular formula is C26H32N4O2. The van der Waals surface area contributed by atoms with Crippen LogP contribution in [-0.4, -0.2) is 39.7 Å². The summed E-state index contributed by atoms with van der Waals surface area (Å²) in [6, 6.07) is 6.87. The Morgan fingerprint density at radius 1 is 1.22 bits per heavy atom. The topological polar surface area (TPSA) is 70.2 Å². The fourth-order valence-electron chi connectivity index (χ4n) is 5.02. The molecule has 2 N–H and O–H groups in total. The number of fused-ring (bicyclic) bond motifs is 2. The quantitative estimate of drug-likeness (QED) is 0.580. The molecule has 1 atom stereocenters. The van der Waals surface area contributed by atoms with Crippen molar-refractivity contribution in [3.63, 3.8) is 0 Å². The number of aromatic nitrogens is 2. The van der Waals surface area contributed by atoms with E-state index >= 15 is 0 Å². The van der Waals surface area contributed by atoms with Gasteiger partial charge in [0.25, 0.3) is 0 Å². The molecule has 1 unspecified atom stereocenters. The van der Waals surface area contributed by atoms with Gasteiger partial charge in [0.15, 0.2) is 0 Å². The maximum Gasteiger partial charge on any atom is 0.410 e. The number of carbonyl (C=O) groups is 1. The fourth-order valence-corrected chi connectivity index (χ4v) is 5.02. The Morgan fingerprint density at radius 3 is 2.88 bits per heavy atom. The van der Waals surface area contributed by atoms with Crippen LogP contribution in [0.5, 0.6) is 0 Å². The number of H-pyrrole nitrogens is 1. The SMILES string of the molecule is Cc1c[nH]c2ncc(-c3cc4c(c(C5CCCN5C(=O)OC(C)(C)C)c3)CNCC4)cc12. The summed E-state index contributed by atoms with van der Waals surface area (Å²) in [6.45, 7) is 10.4. The maximum atomic E-state index is 13.0. The van der Waals surface area contributed by atoms with Crippen LogP contribution in [0.4, 0.5) is 4.79 Å². The predicted octanol–water partition coefficient (Wildman–Crippen LogP) is 5.26. The first-order valence-corrected chi connectivity index (χ1v) is 11.6. The molecule has 1 aromatic carbocycles. The van der Waals surface area contributed by atoms with E-state index in [-0.39, 0.29) is 12.1 Å². The van der Waals surface area contributed by atoms with E-state index in [1.807, 2.05) is 38.1 Å². The second-order valence-corrected chi connectivity index (χ2v) is 10.1. The molecule has 2 aromatic heterocycles. The average Bonchev–Trinajstić information content (AvgIpc) is 3.39. The van der Waals surface area contributed by atoms with Crippen molar-refractivity contribution in [2.45, 2.75) is 65.1 Å². The van der Waals surface area contributed by atoms with Crippen LogP contribution in [0.2, 0.25) is 0 Å². The Hall–Kier alpha value is -2.86. The smallest absolute Gasteiger partial charge is 0.410 e. The zero-order valence-electron chi connectivity index (χ0n) is 19.4. The number of amides is 1. The van der Waals surface area contributed by atoms with Crippen LogP contribution < -0.4 is 5.32 Å². The van der Waals surface area contributed by atoms with Gasteiger partial charge in [-0.15, -0.1) is 0 Å². The number of nitrogens with one attached hydrogen (secondary N) is 2. The van der Waals surface area contributed by atoms with Crippen molar-refractivity contribution in [2.24, 2.45) is 0 Å². The van der Waals surface area contributed by atoms with E-state index < -0.39 is 5.60 Å². The lowest BCUT2D eigenvalue weighted by molar-refractivity contribution is 0.0224. The van der Waals surface area contributed by atoms with E-state index in [4.69, 9.17) is 4.74 Å². The molecule has 6 nitrogen and oxygen atoms in total. The monoisotopic (exact) mass is 432 g/mol. The van der Waals surface area contributed by atoms with Crippen molar-refractivity contribution in [1.82, 2.24) is 20.2 Å². The molecule has 0 saturated carbocycles. The minimum atomic E-state index is -0.497.